The normalized spacial score (nSPS) is 30.5. The van der Waals surface area contributed by atoms with Crippen LogP contribution in [0.4, 0.5) is 11.4 Å². The monoisotopic (exact) mass is 265 g/mol. The van der Waals surface area contributed by atoms with Gasteiger partial charge in [0.1, 0.15) is 0 Å². The van der Waals surface area contributed by atoms with Gasteiger partial charge >= 0.3 is 0 Å². The molecule has 2 fully saturated rings. The lowest BCUT2D eigenvalue weighted by Gasteiger charge is -2.24. The maximum Gasteiger partial charge on any atom is 0.0630 e. The SMILES string of the molecule is Nc1ccc(N=C2CCC3NSSC3C2)cc1. The van der Waals surface area contributed by atoms with E-state index in [1.54, 1.807) is 11.0 Å². The predicted molar refractivity (Wildman–Crippen MR) is 77.7 cm³/mol. The predicted octanol–water partition coefficient (Wildman–Crippen LogP) is 3.16. The molecule has 2 aliphatic rings. The van der Waals surface area contributed by atoms with Crippen molar-refractivity contribution in [1.82, 2.24) is 4.72 Å². The molecule has 1 aromatic carbocycles. The van der Waals surface area contributed by atoms with Crippen LogP contribution in [-0.4, -0.2) is 17.0 Å². The number of fused-ring (bicyclic) bond motifs is 1. The first-order chi connectivity index (χ1) is 8.31. The first-order valence-electron chi connectivity index (χ1n) is 5.81. The van der Waals surface area contributed by atoms with Crippen LogP contribution in [-0.2, 0) is 0 Å². The number of nitrogens with two attached hydrogens (primary N) is 1. The molecule has 1 saturated heterocycles. The quantitative estimate of drug-likeness (QED) is 0.465. The van der Waals surface area contributed by atoms with Gasteiger partial charge < -0.3 is 5.73 Å². The largest absolute Gasteiger partial charge is 0.399 e. The third-order valence-electron chi connectivity index (χ3n) is 3.18. The Morgan fingerprint density at radius 1 is 1.29 bits per heavy atom. The fourth-order valence-electron chi connectivity index (χ4n) is 2.20. The topological polar surface area (TPSA) is 50.4 Å². The van der Waals surface area contributed by atoms with Crippen molar-refractivity contribution in [2.75, 3.05) is 5.73 Å². The van der Waals surface area contributed by atoms with E-state index in [1.165, 1.54) is 12.1 Å². The number of nitrogens with one attached hydrogen (secondary N) is 1. The number of aliphatic imine (C=N–C) groups is 1. The van der Waals surface area contributed by atoms with E-state index in [2.05, 4.69) is 4.72 Å². The Kier molecular flexibility index (Phi) is 3.31. The molecule has 17 heavy (non-hydrogen) atoms. The van der Waals surface area contributed by atoms with Crippen LogP contribution in [0.1, 0.15) is 19.3 Å². The van der Waals surface area contributed by atoms with E-state index in [4.69, 9.17) is 10.7 Å². The van der Waals surface area contributed by atoms with Crippen molar-refractivity contribution < 1.29 is 0 Å². The molecule has 90 valence electrons. The van der Waals surface area contributed by atoms with Crippen LogP contribution in [0, 0.1) is 0 Å². The summed E-state index contributed by atoms with van der Waals surface area (Å²) in [4.78, 5) is 4.73. The minimum Gasteiger partial charge on any atom is -0.399 e. The van der Waals surface area contributed by atoms with Gasteiger partial charge in [-0.25, -0.2) is 0 Å². The molecule has 0 radical (unpaired) electrons. The van der Waals surface area contributed by atoms with Gasteiger partial charge in [0, 0.05) is 29.1 Å². The summed E-state index contributed by atoms with van der Waals surface area (Å²) in [5.41, 5.74) is 8.81. The standard InChI is InChI=1S/C12H15N3S2/c13-8-1-3-9(4-2-8)14-10-5-6-11-12(7-10)16-17-15-11/h1-4,11-12,15H,5-7,13H2. The van der Waals surface area contributed by atoms with Crippen LogP contribution in [0.15, 0.2) is 29.3 Å². The molecule has 2 unspecified atom stereocenters. The van der Waals surface area contributed by atoms with Crippen molar-refractivity contribution in [3.63, 3.8) is 0 Å². The van der Waals surface area contributed by atoms with E-state index in [9.17, 15) is 0 Å². The minimum absolute atomic E-state index is 0.676. The van der Waals surface area contributed by atoms with Crippen LogP contribution in [0.3, 0.4) is 0 Å². The number of hydrogen-bond acceptors (Lipinski definition) is 5. The molecule has 1 heterocycles. The Morgan fingerprint density at radius 3 is 2.94 bits per heavy atom. The van der Waals surface area contributed by atoms with E-state index >= 15 is 0 Å². The number of hydrogen-bond donors (Lipinski definition) is 2. The number of benzene rings is 1. The first-order valence-corrected chi connectivity index (χ1v) is 8.02. The van der Waals surface area contributed by atoms with Crippen LogP contribution >= 0.6 is 21.8 Å². The zero-order chi connectivity index (χ0) is 11.7. The van der Waals surface area contributed by atoms with Crippen LogP contribution in [0.25, 0.3) is 0 Å². The maximum atomic E-state index is 5.67. The summed E-state index contributed by atoms with van der Waals surface area (Å²) in [6.07, 6.45) is 3.43. The Labute approximate surface area is 109 Å². The lowest BCUT2D eigenvalue weighted by molar-refractivity contribution is 0.551. The lowest BCUT2D eigenvalue weighted by Crippen LogP contribution is -2.34. The van der Waals surface area contributed by atoms with Crippen molar-refractivity contribution >= 4 is 38.9 Å². The van der Waals surface area contributed by atoms with Gasteiger partial charge in [0.15, 0.2) is 0 Å². The molecule has 3 rings (SSSR count). The van der Waals surface area contributed by atoms with Gasteiger partial charge in [-0.1, -0.05) is 10.8 Å². The van der Waals surface area contributed by atoms with E-state index in [0.717, 1.165) is 24.2 Å². The van der Waals surface area contributed by atoms with Gasteiger partial charge in [-0.15, -0.1) is 0 Å². The molecule has 0 spiro atoms. The van der Waals surface area contributed by atoms with Gasteiger partial charge in [0.25, 0.3) is 0 Å². The molecule has 1 saturated carbocycles. The van der Waals surface area contributed by atoms with E-state index < -0.39 is 0 Å². The molecule has 2 atom stereocenters. The highest BCUT2D eigenvalue weighted by Crippen LogP contribution is 2.41. The molecule has 1 aliphatic heterocycles. The van der Waals surface area contributed by atoms with Gasteiger partial charge in [-0.3, -0.25) is 9.71 Å². The summed E-state index contributed by atoms with van der Waals surface area (Å²) < 4.78 is 3.46. The van der Waals surface area contributed by atoms with E-state index in [1.807, 2.05) is 35.1 Å². The smallest absolute Gasteiger partial charge is 0.0630 e. The molecule has 0 aromatic heterocycles. The summed E-state index contributed by atoms with van der Waals surface area (Å²) in [5.74, 6) is 0. The Morgan fingerprint density at radius 2 is 2.12 bits per heavy atom. The average Bonchev–Trinajstić information content (AvgIpc) is 2.79. The summed E-state index contributed by atoms with van der Waals surface area (Å²) in [5, 5.41) is 0.696. The molecular formula is C12H15N3S2. The van der Waals surface area contributed by atoms with Gasteiger partial charge in [-0.2, -0.15) is 0 Å². The minimum atomic E-state index is 0.676. The number of anilines is 1. The molecule has 0 amide bonds. The number of rotatable bonds is 1. The molecule has 3 N–H and O–H groups in total. The van der Waals surface area contributed by atoms with Crippen LogP contribution in [0.2, 0.25) is 0 Å². The third kappa shape index (κ3) is 2.61. The molecule has 1 aliphatic carbocycles. The maximum absolute atomic E-state index is 5.67. The zero-order valence-corrected chi connectivity index (χ0v) is 11.1. The van der Waals surface area contributed by atoms with Crippen molar-refractivity contribution in [3.05, 3.63) is 24.3 Å². The molecule has 5 heteroatoms. The van der Waals surface area contributed by atoms with E-state index in [0.29, 0.717) is 11.3 Å². The summed E-state index contributed by atoms with van der Waals surface area (Å²) in [6, 6.07) is 8.47. The van der Waals surface area contributed by atoms with Crippen molar-refractivity contribution in [2.45, 2.75) is 30.6 Å². The summed E-state index contributed by atoms with van der Waals surface area (Å²) >= 11 is 0. The van der Waals surface area contributed by atoms with Gasteiger partial charge in [-0.05, 0) is 48.1 Å². The fraction of sp³-hybridized carbons (Fsp3) is 0.417. The van der Waals surface area contributed by atoms with Crippen LogP contribution < -0.4 is 10.5 Å². The third-order valence-corrected chi connectivity index (χ3v) is 5.74. The summed E-state index contributed by atoms with van der Waals surface area (Å²) in [7, 11) is 3.73. The van der Waals surface area contributed by atoms with Crippen molar-refractivity contribution in [1.29, 1.82) is 0 Å². The molecule has 1 aromatic rings. The number of nitrogen functional groups attached to an aromatic ring is 1. The van der Waals surface area contributed by atoms with E-state index in [-0.39, 0.29) is 0 Å². The van der Waals surface area contributed by atoms with Crippen molar-refractivity contribution in [3.8, 4) is 0 Å². The highest BCUT2D eigenvalue weighted by atomic mass is 33.1. The van der Waals surface area contributed by atoms with Crippen molar-refractivity contribution in [2.24, 2.45) is 4.99 Å². The second kappa shape index (κ2) is 4.92. The second-order valence-electron chi connectivity index (χ2n) is 4.45. The fourth-order valence-corrected chi connectivity index (χ4v) is 4.99. The Balaban J connectivity index is 1.74. The highest BCUT2D eigenvalue weighted by molar-refractivity contribution is 8.76. The Hall–Kier alpha value is -0.650. The molecule has 0 bridgehead atoms. The lowest BCUT2D eigenvalue weighted by atomic mass is 9.93. The number of nitrogens with zero attached hydrogens (tertiary/aromatic N) is 1. The molecule has 3 nitrogen and oxygen atoms in total. The second-order valence-corrected chi connectivity index (χ2v) is 6.73. The highest BCUT2D eigenvalue weighted by Gasteiger charge is 2.33. The first kappa shape index (κ1) is 11.4. The Bertz CT molecular complexity index is 430. The van der Waals surface area contributed by atoms with Gasteiger partial charge in [0.05, 0.1) is 5.69 Å². The van der Waals surface area contributed by atoms with Crippen LogP contribution in [0.5, 0.6) is 0 Å². The zero-order valence-electron chi connectivity index (χ0n) is 9.43. The summed E-state index contributed by atoms with van der Waals surface area (Å²) in [6.45, 7) is 0. The average molecular weight is 265 g/mol. The molecular weight excluding hydrogens is 250 g/mol. The van der Waals surface area contributed by atoms with Gasteiger partial charge in [0.2, 0.25) is 0 Å².